The first-order valence-corrected chi connectivity index (χ1v) is 6.03. The summed E-state index contributed by atoms with van der Waals surface area (Å²) in [6.45, 7) is 8.04. The summed E-state index contributed by atoms with van der Waals surface area (Å²) >= 11 is 0. The third-order valence-electron chi connectivity index (χ3n) is 3.22. The Bertz CT molecular complexity index is 561. The zero-order valence-electron chi connectivity index (χ0n) is 11.2. The second-order valence-corrected chi connectivity index (χ2v) is 4.81. The minimum atomic E-state index is -0.759. The lowest BCUT2D eigenvalue weighted by Gasteiger charge is -2.14. The first-order chi connectivity index (χ1) is 8.49. The summed E-state index contributed by atoms with van der Waals surface area (Å²) in [4.78, 5) is 8.37. The van der Waals surface area contributed by atoms with Crippen LogP contribution in [-0.2, 0) is 0 Å². The molecule has 0 fully saturated rings. The molecule has 0 saturated heterocycles. The number of hydrogen-bond donors (Lipinski definition) is 1. The molecule has 2 rings (SSSR count). The highest BCUT2D eigenvalue weighted by Gasteiger charge is 2.16. The number of aliphatic hydroxyl groups excluding tert-OH is 1. The quantitative estimate of drug-likeness (QED) is 0.880. The van der Waals surface area contributed by atoms with E-state index < -0.39 is 6.10 Å². The molecule has 1 unspecified atom stereocenters. The van der Waals surface area contributed by atoms with E-state index >= 15 is 0 Å². The van der Waals surface area contributed by atoms with Crippen molar-refractivity contribution in [3.05, 3.63) is 58.2 Å². The van der Waals surface area contributed by atoms with Crippen molar-refractivity contribution in [3.63, 3.8) is 0 Å². The number of nitrogens with zero attached hydrogens (tertiary/aromatic N) is 2. The highest BCUT2D eigenvalue weighted by Crippen LogP contribution is 2.25. The maximum absolute atomic E-state index is 10.4. The van der Waals surface area contributed by atoms with Crippen LogP contribution in [0.15, 0.2) is 24.5 Å². The SMILES string of the molecule is Cc1cnc(C(O)c2cc(C)c(C)cc2C)nc1. The first kappa shape index (κ1) is 12.7. The van der Waals surface area contributed by atoms with Gasteiger partial charge in [-0.15, -0.1) is 0 Å². The Labute approximate surface area is 108 Å². The van der Waals surface area contributed by atoms with Crippen molar-refractivity contribution in [1.29, 1.82) is 0 Å². The zero-order valence-corrected chi connectivity index (χ0v) is 11.2. The lowest BCUT2D eigenvalue weighted by molar-refractivity contribution is 0.209. The molecule has 0 saturated carbocycles. The fourth-order valence-electron chi connectivity index (χ4n) is 1.96. The topological polar surface area (TPSA) is 46.0 Å². The Morgan fingerprint density at radius 3 is 2.06 bits per heavy atom. The van der Waals surface area contributed by atoms with Gasteiger partial charge >= 0.3 is 0 Å². The molecule has 94 valence electrons. The molecule has 0 amide bonds. The van der Waals surface area contributed by atoms with Gasteiger partial charge in [0.25, 0.3) is 0 Å². The molecule has 0 bridgehead atoms. The number of aliphatic hydroxyl groups is 1. The van der Waals surface area contributed by atoms with Gasteiger partial charge in [-0.1, -0.05) is 12.1 Å². The van der Waals surface area contributed by atoms with E-state index in [4.69, 9.17) is 0 Å². The Morgan fingerprint density at radius 2 is 1.44 bits per heavy atom. The summed E-state index contributed by atoms with van der Waals surface area (Å²) in [5.74, 6) is 0.451. The summed E-state index contributed by atoms with van der Waals surface area (Å²) in [6.07, 6.45) is 2.69. The van der Waals surface area contributed by atoms with Gasteiger partial charge in [0, 0.05) is 12.4 Å². The molecule has 1 atom stereocenters. The second-order valence-electron chi connectivity index (χ2n) is 4.81. The van der Waals surface area contributed by atoms with Crippen molar-refractivity contribution < 1.29 is 5.11 Å². The molecule has 2 aromatic rings. The summed E-state index contributed by atoms with van der Waals surface area (Å²) in [7, 11) is 0. The summed E-state index contributed by atoms with van der Waals surface area (Å²) in [5, 5.41) is 10.4. The molecule has 18 heavy (non-hydrogen) atoms. The molecule has 1 aromatic heterocycles. The van der Waals surface area contributed by atoms with Gasteiger partial charge in [-0.05, 0) is 55.5 Å². The molecular weight excluding hydrogens is 224 g/mol. The van der Waals surface area contributed by atoms with Crippen LogP contribution < -0.4 is 0 Å². The largest absolute Gasteiger partial charge is 0.380 e. The van der Waals surface area contributed by atoms with Crippen molar-refractivity contribution in [2.75, 3.05) is 0 Å². The highest BCUT2D eigenvalue weighted by molar-refractivity contribution is 5.39. The monoisotopic (exact) mass is 242 g/mol. The molecule has 0 aliphatic carbocycles. The molecule has 1 heterocycles. The van der Waals surface area contributed by atoms with Crippen LogP contribution >= 0.6 is 0 Å². The zero-order chi connectivity index (χ0) is 13.3. The fraction of sp³-hybridized carbons (Fsp3) is 0.333. The van der Waals surface area contributed by atoms with Gasteiger partial charge < -0.3 is 5.11 Å². The van der Waals surface area contributed by atoms with E-state index in [1.807, 2.05) is 26.8 Å². The van der Waals surface area contributed by atoms with Crippen LogP contribution in [0, 0.1) is 27.7 Å². The summed E-state index contributed by atoms with van der Waals surface area (Å²) < 4.78 is 0. The van der Waals surface area contributed by atoms with Crippen LogP contribution in [0.2, 0.25) is 0 Å². The maximum Gasteiger partial charge on any atom is 0.161 e. The third kappa shape index (κ3) is 2.41. The fourth-order valence-corrected chi connectivity index (χ4v) is 1.96. The Kier molecular flexibility index (Phi) is 3.43. The minimum Gasteiger partial charge on any atom is -0.380 e. The van der Waals surface area contributed by atoms with Gasteiger partial charge in [0.2, 0.25) is 0 Å². The number of benzene rings is 1. The van der Waals surface area contributed by atoms with Crippen LogP contribution in [0.5, 0.6) is 0 Å². The van der Waals surface area contributed by atoms with Gasteiger partial charge in [-0.3, -0.25) is 0 Å². The average Bonchev–Trinajstić information content (AvgIpc) is 2.34. The maximum atomic E-state index is 10.4. The number of hydrogen-bond acceptors (Lipinski definition) is 3. The smallest absolute Gasteiger partial charge is 0.161 e. The van der Waals surface area contributed by atoms with Crippen molar-refractivity contribution in [1.82, 2.24) is 9.97 Å². The molecule has 3 nitrogen and oxygen atoms in total. The summed E-state index contributed by atoms with van der Waals surface area (Å²) in [6, 6.07) is 4.10. The summed E-state index contributed by atoms with van der Waals surface area (Å²) in [5.41, 5.74) is 5.33. The molecule has 1 N–H and O–H groups in total. The molecular formula is C15H18N2O. The number of rotatable bonds is 2. The molecule has 3 heteroatoms. The van der Waals surface area contributed by atoms with Gasteiger partial charge in [-0.25, -0.2) is 9.97 Å². The van der Waals surface area contributed by atoms with Gasteiger partial charge in [-0.2, -0.15) is 0 Å². The van der Waals surface area contributed by atoms with E-state index in [0.29, 0.717) is 5.82 Å². The molecule has 0 spiro atoms. The highest BCUT2D eigenvalue weighted by atomic mass is 16.3. The van der Waals surface area contributed by atoms with Crippen LogP contribution in [0.4, 0.5) is 0 Å². The lowest BCUT2D eigenvalue weighted by atomic mass is 9.97. The van der Waals surface area contributed by atoms with Crippen LogP contribution in [0.1, 0.15) is 39.7 Å². The predicted octanol–water partition coefficient (Wildman–Crippen LogP) is 2.79. The third-order valence-corrected chi connectivity index (χ3v) is 3.22. The number of aryl methyl sites for hydroxylation is 4. The Hall–Kier alpha value is -1.74. The van der Waals surface area contributed by atoms with E-state index in [9.17, 15) is 5.11 Å². The molecule has 1 aromatic carbocycles. The molecule has 0 aliphatic rings. The van der Waals surface area contributed by atoms with Crippen molar-refractivity contribution in [2.45, 2.75) is 33.8 Å². The van der Waals surface area contributed by atoms with Gasteiger partial charge in [0.05, 0.1) is 0 Å². The van der Waals surface area contributed by atoms with Crippen molar-refractivity contribution >= 4 is 0 Å². The molecule has 0 aliphatic heterocycles. The minimum absolute atomic E-state index is 0.451. The first-order valence-electron chi connectivity index (χ1n) is 6.03. The average molecular weight is 242 g/mol. The second kappa shape index (κ2) is 4.86. The van der Waals surface area contributed by atoms with Crippen LogP contribution in [0.25, 0.3) is 0 Å². The van der Waals surface area contributed by atoms with Crippen molar-refractivity contribution in [3.8, 4) is 0 Å². The van der Waals surface area contributed by atoms with E-state index in [1.54, 1.807) is 12.4 Å². The van der Waals surface area contributed by atoms with Crippen LogP contribution in [-0.4, -0.2) is 15.1 Å². The molecule has 0 radical (unpaired) electrons. The van der Waals surface area contributed by atoms with E-state index in [-0.39, 0.29) is 0 Å². The Morgan fingerprint density at radius 1 is 0.889 bits per heavy atom. The van der Waals surface area contributed by atoms with E-state index in [0.717, 1.165) is 16.7 Å². The van der Waals surface area contributed by atoms with E-state index in [1.165, 1.54) is 11.1 Å². The lowest BCUT2D eigenvalue weighted by Crippen LogP contribution is -2.07. The van der Waals surface area contributed by atoms with E-state index in [2.05, 4.69) is 23.0 Å². The van der Waals surface area contributed by atoms with Gasteiger partial charge in [0.1, 0.15) is 6.10 Å². The van der Waals surface area contributed by atoms with Crippen molar-refractivity contribution in [2.24, 2.45) is 0 Å². The van der Waals surface area contributed by atoms with Crippen LogP contribution in [0.3, 0.4) is 0 Å². The normalized spacial score (nSPS) is 12.5. The van der Waals surface area contributed by atoms with Gasteiger partial charge in [0.15, 0.2) is 5.82 Å². The predicted molar refractivity (Wildman–Crippen MR) is 71.5 cm³/mol. The number of aromatic nitrogens is 2. The Balaban J connectivity index is 2.42. The standard InChI is InChI=1S/C15H18N2O/c1-9-7-16-15(17-8-9)14(18)13-6-11(3)10(2)5-12(13)4/h5-8,14,18H,1-4H3.